The second kappa shape index (κ2) is 8.84. The first kappa shape index (κ1) is 22.9. The number of likely N-dealkylation sites (N-methyl/N-ethyl adjacent to an activating group) is 1. The lowest BCUT2D eigenvalue weighted by Gasteiger charge is -2.18. The van der Waals surface area contributed by atoms with Crippen LogP contribution in [0.15, 0.2) is 89.9 Å². The van der Waals surface area contributed by atoms with Gasteiger partial charge in [0.25, 0.3) is 11.5 Å². The van der Waals surface area contributed by atoms with Gasteiger partial charge in [-0.1, -0.05) is 54.6 Å². The topological polar surface area (TPSA) is 80.7 Å². The van der Waals surface area contributed by atoms with E-state index in [9.17, 15) is 9.59 Å². The summed E-state index contributed by atoms with van der Waals surface area (Å²) in [6, 6.07) is 26.2. The third-order valence-corrected chi connectivity index (χ3v) is 7.05. The largest absolute Gasteiger partial charge is 0.365 e. The van der Waals surface area contributed by atoms with Crippen LogP contribution in [0, 0.1) is 0 Å². The number of hydrogen-bond donors (Lipinski definition) is 1. The van der Waals surface area contributed by atoms with Gasteiger partial charge in [0.1, 0.15) is 0 Å². The van der Waals surface area contributed by atoms with Crippen LogP contribution in [0.2, 0.25) is 0 Å². The maximum absolute atomic E-state index is 13.9. The summed E-state index contributed by atoms with van der Waals surface area (Å²) in [5, 5.41) is 5.22. The molecule has 0 aliphatic carbocycles. The number of carbonyl (C=O) groups is 1. The summed E-state index contributed by atoms with van der Waals surface area (Å²) in [6.07, 6.45) is 2.31. The summed E-state index contributed by atoms with van der Waals surface area (Å²) in [4.78, 5) is 32.8. The highest BCUT2D eigenvalue weighted by Gasteiger charge is 2.19. The first-order valence-electron chi connectivity index (χ1n) is 12.3. The third kappa shape index (κ3) is 3.74. The van der Waals surface area contributed by atoms with E-state index in [0.29, 0.717) is 17.3 Å². The van der Waals surface area contributed by atoms with E-state index in [1.165, 1.54) is 15.2 Å². The number of hydrogen-bond acceptors (Lipinski definition) is 4. The van der Waals surface area contributed by atoms with Gasteiger partial charge in [-0.3, -0.25) is 14.0 Å². The van der Waals surface area contributed by atoms with Crippen LogP contribution in [-0.4, -0.2) is 40.8 Å². The zero-order chi connectivity index (χ0) is 25.7. The third-order valence-electron chi connectivity index (χ3n) is 7.05. The van der Waals surface area contributed by atoms with Crippen molar-refractivity contribution in [3.8, 4) is 11.1 Å². The number of pyridine rings is 1. The smallest absolute Gasteiger partial charge is 0.266 e. The molecule has 0 radical (unpaired) electrons. The average molecular weight is 487 g/mol. The molecule has 6 aromatic rings. The maximum Gasteiger partial charge on any atom is 0.266 e. The summed E-state index contributed by atoms with van der Waals surface area (Å²) in [5.74, 6) is -0.614. The van der Waals surface area contributed by atoms with E-state index in [2.05, 4.69) is 59.5 Å². The molecule has 2 heterocycles. The SMILES string of the molecule is CN(C)CCc1c(-c2cc3ccccc3c3ccccc23)ccc2nc3c(C(N)=O)cccn3c(=O)c12. The summed E-state index contributed by atoms with van der Waals surface area (Å²) < 4.78 is 1.43. The molecule has 0 unspecified atom stereocenters. The minimum absolute atomic E-state index is 0.205. The van der Waals surface area contributed by atoms with E-state index in [1.54, 1.807) is 18.3 Å². The predicted molar refractivity (Wildman–Crippen MR) is 150 cm³/mol. The van der Waals surface area contributed by atoms with Crippen molar-refractivity contribution in [2.24, 2.45) is 5.73 Å². The summed E-state index contributed by atoms with van der Waals surface area (Å²) in [5.41, 5.74) is 9.48. The van der Waals surface area contributed by atoms with Crippen LogP contribution >= 0.6 is 0 Å². The van der Waals surface area contributed by atoms with Gasteiger partial charge < -0.3 is 10.6 Å². The van der Waals surface area contributed by atoms with Crippen molar-refractivity contribution in [1.29, 1.82) is 0 Å². The van der Waals surface area contributed by atoms with Crippen LogP contribution in [0.4, 0.5) is 0 Å². The van der Waals surface area contributed by atoms with E-state index in [0.717, 1.165) is 34.0 Å². The maximum atomic E-state index is 13.9. The summed E-state index contributed by atoms with van der Waals surface area (Å²) >= 11 is 0. The molecule has 1 amide bonds. The van der Waals surface area contributed by atoms with E-state index < -0.39 is 5.91 Å². The Bertz CT molecular complexity index is 1920. The molecule has 2 N–H and O–H groups in total. The van der Waals surface area contributed by atoms with Gasteiger partial charge >= 0.3 is 0 Å². The van der Waals surface area contributed by atoms with Crippen molar-refractivity contribution in [1.82, 2.24) is 14.3 Å². The molecule has 0 bridgehead atoms. The van der Waals surface area contributed by atoms with Crippen LogP contribution in [0.1, 0.15) is 15.9 Å². The number of carbonyl (C=O) groups excluding carboxylic acids is 1. The number of rotatable bonds is 5. The van der Waals surface area contributed by atoms with Gasteiger partial charge in [0.05, 0.1) is 16.5 Å². The number of primary amides is 1. The van der Waals surface area contributed by atoms with Gasteiger partial charge in [0.15, 0.2) is 5.65 Å². The Morgan fingerprint density at radius 1 is 0.892 bits per heavy atom. The highest BCUT2D eigenvalue weighted by molar-refractivity contribution is 6.14. The average Bonchev–Trinajstić information content (AvgIpc) is 2.91. The van der Waals surface area contributed by atoms with Crippen LogP contribution in [0.3, 0.4) is 0 Å². The first-order chi connectivity index (χ1) is 17.9. The molecule has 37 heavy (non-hydrogen) atoms. The lowest BCUT2D eigenvalue weighted by atomic mass is 9.88. The number of nitrogens with zero attached hydrogens (tertiary/aromatic N) is 3. The molecule has 6 heteroatoms. The molecular formula is C31H26N4O2. The van der Waals surface area contributed by atoms with E-state index >= 15 is 0 Å². The normalized spacial score (nSPS) is 11.8. The van der Waals surface area contributed by atoms with Crippen LogP contribution in [0.5, 0.6) is 0 Å². The number of aromatic nitrogens is 2. The molecule has 0 aliphatic heterocycles. The fraction of sp³-hybridized carbons (Fsp3) is 0.129. The summed E-state index contributed by atoms with van der Waals surface area (Å²) in [6.45, 7) is 0.765. The lowest BCUT2D eigenvalue weighted by molar-refractivity contribution is 0.100. The zero-order valence-electron chi connectivity index (χ0n) is 20.7. The zero-order valence-corrected chi connectivity index (χ0v) is 20.7. The van der Waals surface area contributed by atoms with Gasteiger partial charge in [-0.05, 0) is 83.0 Å². The Hall–Kier alpha value is -4.55. The lowest BCUT2D eigenvalue weighted by Crippen LogP contribution is -2.22. The Morgan fingerprint density at radius 2 is 1.62 bits per heavy atom. The standard InChI is InChI=1S/C31H26N4O2/c1-34(2)17-15-24-23(26-18-19-8-3-4-9-20(19)21-10-5-6-11-22(21)26)13-14-27-28(24)31(37)35-16-7-12-25(29(32)36)30(35)33-27/h3-14,16,18H,15,17H2,1-2H3,(H2,32,36). The highest BCUT2D eigenvalue weighted by Crippen LogP contribution is 2.38. The Morgan fingerprint density at radius 3 is 2.38 bits per heavy atom. The van der Waals surface area contributed by atoms with Crippen LogP contribution in [0.25, 0.3) is 49.2 Å². The van der Waals surface area contributed by atoms with E-state index in [1.807, 2.05) is 26.2 Å². The van der Waals surface area contributed by atoms with Gasteiger partial charge in [-0.2, -0.15) is 0 Å². The molecule has 0 spiro atoms. The molecular weight excluding hydrogens is 460 g/mol. The molecule has 0 saturated heterocycles. The monoisotopic (exact) mass is 486 g/mol. The number of amides is 1. The van der Waals surface area contributed by atoms with Crippen molar-refractivity contribution in [2.45, 2.75) is 6.42 Å². The van der Waals surface area contributed by atoms with Crippen molar-refractivity contribution < 1.29 is 4.79 Å². The second-order valence-electron chi connectivity index (χ2n) is 9.63. The molecule has 2 aromatic heterocycles. The second-order valence-corrected chi connectivity index (χ2v) is 9.63. The molecule has 182 valence electrons. The van der Waals surface area contributed by atoms with Gasteiger partial charge in [0.2, 0.25) is 0 Å². The predicted octanol–water partition coefficient (Wildman–Crippen LogP) is 5.02. The minimum Gasteiger partial charge on any atom is -0.365 e. The fourth-order valence-corrected chi connectivity index (χ4v) is 5.30. The van der Waals surface area contributed by atoms with Crippen molar-refractivity contribution >= 4 is 44.0 Å². The van der Waals surface area contributed by atoms with Crippen molar-refractivity contribution in [3.63, 3.8) is 0 Å². The molecule has 0 saturated carbocycles. The molecule has 4 aromatic carbocycles. The molecule has 6 rings (SSSR count). The minimum atomic E-state index is -0.614. The van der Waals surface area contributed by atoms with E-state index in [-0.39, 0.29) is 16.8 Å². The van der Waals surface area contributed by atoms with Crippen molar-refractivity contribution in [2.75, 3.05) is 20.6 Å². The van der Waals surface area contributed by atoms with Gasteiger partial charge in [0, 0.05) is 12.7 Å². The Balaban J connectivity index is 1.74. The number of fused-ring (bicyclic) bond motifs is 5. The fourth-order valence-electron chi connectivity index (χ4n) is 5.30. The van der Waals surface area contributed by atoms with Gasteiger partial charge in [-0.15, -0.1) is 0 Å². The van der Waals surface area contributed by atoms with Crippen molar-refractivity contribution in [3.05, 3.63) is 107 Å². The highest BCUT2D eigenvalue weighted by atomic mass is 16.1. The van der Waals surface area contributed by atoms with E-state index in [4.69, 9.17) is 10.7 Å². The molecule has 0 fully saturated rings. The number of nitrogens with two attached hydrogens (primary N) is 1. The quantitative estimate of drug-likeness (QED) is 0.274. The van der Waals surface area contributed by atoms with Crippen LogP contribution in [-0.2, 0) is 6.42 Å². The summed E-state index contributed by atoms with van der Waals surface area (Å²) in [7, 11) is 4.05. The van der Waals surface area contributed by atoms with Gasteiger partial charge in [-0.25, -0.2) is 4.98 Å². The first-order valence-corrected chi connectivity index (χ1v) is 12.3. The number of benzene rings is 4. The molecule has 0 atom stereocenters. The molecule has 6 nitrogen and oxygen atoms in total. The van der Waals surface area contributed by atoms with Crippen LogP contribution < -0.4 is 11.3 Å². The molecule has 0 aliphatic rings. The Kier molecular flexibility index (Phi) is 5.46. The Labute approximate surface area is 213 Å².